The van der Waals surface area contributed by atoms with Crippen LogP contribution < -0.4 is 0 Å². The Bertz CT molecular complexity index is 530. The number of phenolic OH excluding ortho intramolecular Hbond substituents is 2. The van der Waals surface area contributed by atoms with E-state index in [-0.39, 0.29) is 18.3 Å². The first-order valence-corrected chi connectivity index (χ1v) is 6.06. The number of hydrogen-bond donors (Lipinski definition) is 2. The van der Waals surface area contributed by atoms with Crippen LogP contribution in [0.3, 0.4) is 0 Å². The summed E-state index contributed by atoms with van der Waals surface area (Å²) in [5.74, 6) is 0.330. The third-order valence-corrected chi connectivity index (χ3v) is 3.26. The quantitative estimate of drug-likeness (QED) is 0.869. The van der Waals surface area contributed by atoms with E-state index >= 15 is 0 Å². The van der Waals surface area contributed by atoms with E-state index in [0.717, 1.165) is 0 Å². The van der Waals surface area contributed by atoms with E-state index < -0.39 is 12.2 Å². The summed E-state index contributed by atoms with van der Waals surface area (Å²) in [6, 6.07) is 14.0. The Morgan fingerprint density at radius 3 is 1.58 bits per heavy atom. The highest BCUT2D eigenvalue weighted by Gasteiger charge is 2.35. The largest absolute Gasteiger partial charge is 0.508 e. The normalized spacial score (nSPS) is 22.5. The number of ether oxygens (including phenoxy) is 2. The lowest BCUT2D eigenvalue weighted by atomic mass is 9.97. The molecule has 0 amide bonds. The van der Waals surface area contributed by atoms with E-state index in [1.807, 2.05) is 12.1 Å². The van der Waals surface area contributed by atoms with Gasteiger partial charge in [-0.3, -0.25) is 0 Å². The lowest BCUT2D eigenvalue weighted by Crippen LogP contribution is -2.07. The molecule has 4 nitrogen and oxygen atoms in total. The molecule has 4 heteroatoms. The molecule has 1 aliphatic rings. The first kappa shape index (κ1) is 12.0. The van der Waals surface area contributed by atoms with Gasteiger partial charge in [0.2, 0.25) is 0 Å². The molecule has 0 spiro atoms. The summed E-state index contributed by atoms with van der Waals surface area (Å²) in [6.45, 7) is 0.137. The van der Waals surface area contributed by atoms with Crippen LogP contribution in [0.2, 0.25) is 0 Å². The molecule has 3 rings (SSSR count). The van der Waals surface area contributed by atoms with Gasteiger partial charge in [0, 0.05) is 11.1 Å². The molecule has 0 bridgehead atoms. The van der Waals surface area contributed by atoms with E-state index in [1.165, 1.54) is 0 Å². The van der Waals surface area contributed by atoms with Crippen LogP contribution >= 0.6 is 0 Å². The highest BCUT2D eigenvalue weighted by atomic mass is 16.7. The average molecular weight is 258 g/mol. The minimum Gasteiger partial charge on any atom is -0.508 e. The molecule has 2 aromatic rings. The van der Waals surface area contributed by atoms with Gasteiger partial charge in [0.15, 0.2) is 0 Å². The minimum atomic E-state index is -0.422. The Balaban J connectivity index is 1.99. The Kier molecular flexibility index (Phi) is 3.11. The van der Waals surface area contributed by atoms with Crippen LogP contribution in [-0.2, 0) is 9.47 Å². The fourth-order valence-electron chi connectivity index (χ4n) is 2.32. The lowest BCUT2D eigenvalue weighted by molar-refractivity contribution is 0.0377. The molecule has 0 saturated carbocycles. The molecule has 0 aliphatic carbocycles. The second-order valence-electron chi connectivity index (χ2n) is 4.41. The maximum atomic E-state index is 9.91. The SMILES string of the molecule is Oc1ccccc1C1OCOC1c1ccccc1O. The molecule has 1 saturated heterocycles. The zero-order valence-electron chi connectivity index (χ0n) is 10.2. The molecule has 2 N–H and O–H groups in total. The van der Waals surface area contributed by atoms with Crippen LogP contribution in [0.5, 0.6) is 11.5 Å². The molecule has 19 heavy (non-hydrogen) atoms. The van der Waals surface area contributed by atoms with Crippen LogP contribution in [0, 0.1) is 0 Å². The first-order valence-electron chi connectivity index (χ1n) is 6.06. The summed E-state index contributed by atoms with van der Waals surface area (Å²) < 4.78 is 11.1. The molecule has 1 aliphatic heterocycles. The van der Waals surface area contributed by atoms with Crippen LogP contribution in [-0.4, -0.2) is 17.0 Å². The highest BCUT2D eigenvalue weighted by Crippen LogP contribution is 2.44. The number of phenols is 2. The van der Waals surface area contributed by atoms with Gasteiger partial charge in [0.25, 0.3) is 0 Å². The molecule has 0 radical (unpaired) electrons. The van der Waals surface area contributed by atoms with Gasteiger partial charge in [0.05, 0.1) is 0 Å². The second kappa shape index (κ2) is 4.91. The van der Waals surface area contributed by atoms with Gasteiger partial charge < -0.3 is 19.7 Å². The Labute approximate surface area is 110 Å². The van der Waals surface area contributed by atoms with Crippen LogP contribution in [0.4, 0.5) is 0 Å². The summed E-state index contributed by atoms with van der Waals surface area (Å²) in [7, 11) is 0. The molecule has 2 aromatic carbocycles. The number of para-hydroxylation sites is 2. The number of aromatic hydroxyl groups is 2. The van der Waals surface area contributed by atoms with Crippen molar-refractivity contribution in [2.75, 3.05) is 6.79 Å². The standard InChI is InChI=1S/C15H14O4/c16-12-7-3-1-5-10(12)14-15(19-9-18-14)11-6-2-4-8-13(11)17/h1-8,14-17H,9H2. The summed E-state index contributed by atoms with van der Waals surface area (Å²) in [5.41, 5.74) is 1.32. The summed E-state index contributed by atoms with van der Waals surface area (Å²) in [6.07, 6.45) is -0.844. The monoisotopic (exact) mass is 258 g/mol. The lowest BCUT2D eigenvalue weighted by Gasteiger charge is -2.19. The molecule has 98 valence electrons. The van der Waals surface area contributed by atoms with Crippen LogP contribution in [0.25, 0.3) is 0 Å². The van der Waals surface area contributed by atoms with Gasteiger partial charge in [0.1, 0.15) is 30.5 Å². The zero-order chi connectivity index (χ0) is 13.2. The Morgan fingerprint density at radius 1 is 0.737 bits per heavy atom. The zero-order valence-corrected chi connectivity index (χ0v) is 10.2. The van der Waals surface area contributed by atoms with E-state index in [9.17, 15) is 10.2 Å². The third kappa shape index (κ3) is 2.16. The maximum Gasteiger partial charge on any atom is 0.148 e. The third-order valence-electron chi connectivity index (χ3n) is 3.26. The van der Waals surface area contributed by atoms with E-state index in [1.54, 1.807) is 36.4 Å². The highest BCUT2D eigenvalue weighted by molar-refractivity contribution is 5.40. The van der Waals surface area contributed by atoms with Crippen molar-refractivity contribution in [2.24, 2.45) is 0 Å². The molecular formula is C15H14O4. The number of benzene rings is 2. The topological polar surface area (TPSA) is 58.9 Å². The Morgan fingerprint density at radius 2 is 1.16 bits per heavy atom. The second-order valence-corrected chi connectivity index (χ2v) is 4.41. The predicted molar refractivity (Wildman–Crippen MR) is 68.7 cm³/mol. The number of hydrogen-bond acceptors (Lipinski definition) is 4. The van der Waals surface area contributed by atoms with Crippen molar-refractivity contribution in [1.29, 1.82) is 0 Å². The van der Waals surface area contributed by atoms with Crippen molar-refractivity contribution in [3.63, 3.8) is 0 Å². The predicted octanol–water partition coefficient (Wildman–Crippen LogP) is 2.88. The van der Waals surface area contributed by atoms with Gasteiger partial charge in [-0.15, -0.1) is 0 Å². The molecule has 2 unspecified atom stereocenters. The van der Waals surface area contributed by atoms with Crippen molar-refractivity contribution in [3.05, 3.63) is 59.7 Å². The maximum absolute atomic E-state index is 9.91. The molecule has 1 fully saturated rings. The molecule has 0 aromatic heterocycles. The minimum absolute atomic E-state index is 0.137. The van der Waals surface area contributed by atoms with Crippen molar-refractivity contribution >= 4 is 0 Å². The van der Waals surface area contributed by atoms with Crippen molar-refractivity contribution < 1.29 is 19.7 Å². The van der Waals surface area contributed by atoms with Gasteiger partial charge in [-0.2, -0.15) is 0 Å². The van der Waals surface area contributed by atoms with Gasteiger partial charge in [-0.25, -0.2) is 0 Å². The van der Waals surface area contributed by atoms with Crippen molar-refractivity contribution in [2.45, 2.75) is 12.2 Å². The fourth-order valence-corrected chi connectivity index (χ4v) is 2.32. The first-order chi connectivity index (χ1) is 9.27. The van der Waals surface area contributed by atoms with E-state index in [0.29, 0.717) is 11.1 Å². The smallest absolute Gasteiger partial charge is 0.148 e. The number of rotatable bonds is 2. The fraction of sp³-hybridized carbons (Fsp3) is 0.200. The van der Waals surface area contributed by atoms with E-state index in [2.05, 4.69) is 0 Å². The summed E-state index contributed by atoms with van der Waals surface area (Å²) in [5, 5.41) is 19.8. The van der Waals surface area contributed by atoms with Crippen molar-refractivity contribution in [1.82, 2.24) is 0 Å². The van der Waals surface area contributed by atoms with Crippen LogP contribution in [0.1, 0.15) is 23.3 Å². The summed E-state index contributed by atoms with van der Waals surface area (Å²) in [4.78, 5) is 0. The van der Waals surface area contributed by atoms with Crippen molar-refractivity contribution in [3.8, 4) is 11.5 Å². The molecule has 2 atom stereocenters. The summed E-state index contributed by atoms with van der Waals surface area (Å²) >= 11 is 0. The van der Waals surface area contributed by atoms with E-state index in [4.69, 9.17) is 9.47 Å². The van der Waals surface area contributed by atoms with Gasteiger partial charge >= 0.3 is 0 Å². The van der Waals surface area contributed by atoms with Gasteiger partial charge in [-0.1, -0.05) is 36.4 Å². The molecular weight excluding hydrogens is 244 g/mol. The molecule has 1 heterocycles. The average Bonchev–Trinajstić information content (AvgIpc) is 2.89. The van der Waals surface area contributed by atoms with Crippen LogP contribution in [0.15, 0.2) is 48.5 Å². The Hall–Kier alpha value is -2.04. The van der Waals surface area contributed by atoms with Gasteiger partial charge in [-0.05, 0) is 12.1 Å².